The molecule has 21 heavy (non-hydrogen) atoms. The normalized spacial score (nSPS) is 13.8. The Morgan fingerprint density at radius 2 is 2.29 bits per heavy atom. The van der Waals surface area contributed by atoms with Crippen LogP contribution in [0.4, 0.5) is 10.5 Å². The first kappa shape index (κ1) is 14.6. The molecule has 0 aliphatic carbocycles. The van der Waals surface area contributed by atoms with E-state index in [4.69, 9.17) is 9.47 Å². The smallest absolute Gasteiger partial charge is 0.324 e. The van der Waals surface area contributed by atoms with Crippen molar-refractivity contribution in [3.8, 4) is 11.5 Å². The van der Waals surface area contributed by atoms with E-state index >= 15 is 0 Å². The summed E-state index contributed by atoms with van der Waals surface area (Å²) >= 11 is 0. The van der Waals surface area contributed by atoms with Crippen LogP contribution in [0.2, 0.25) is 0 Å². The number of carbonyl (C=O) groups excluding carboxylic acids is 2. The Hall–Kier alpha value is -2.84. The molecule has 3 amide bonds. The quantitative estimate of drug-likeness (QED) is 0.626. The van der Waals surface area contributed by atoms with E-state index in [1.54, 1.807) is 0 Å². The van der Waals surface area contributed by atoms with Crippen molar-refractivity contribution in [3.63, 3.8) is 0 Å². The highest BCUT2D eigenvalue weighted by Crippen LogP contribution is 2.30. The number of nitro benzene ring substituents is 1. The third-order valence-electron chi connectivity index (χ3n) is 2.87. The molecular weight excluding hydrogens is 282 g/mol. The van der Waals surface area contributed by atoms with Gasteiger partial charge in [0, 0.05) is 13.1 Å². The summed E-state index contributed by atoms with van der Waals surface area (Å²) in [4.78, 5) is 34.4. The zero-order valence-corrected chi connectivity index (χ0v) is 11.2. The fraction of sp³-hybridized carbons (Fsp3) is 0.333. The summed E-state index contributed by atoms with van der Waals surface area (Å²) in [6.07, 6.45) is 0. The molecule has 1 heterocycles. The number of nitrogens with zero attached hydrogens (tertiary/aromatic N) is 2. The summed E-state index contributed by atoms with van der Waals surface area (Å²) in [5, 5.41) is 13.4. The van der Waals surface area contributed by atoms with Gasteiger partial charge in [-0.3, -0.25) is 19.8 Å². The first-order valence-electron chi connectivity index (χ1n) is 6.06. The Kier molecular flexibility index (Phi) is 4.21. The van der Waals surface area contributed by atoms with Gasteiger partial charge in [-0.1, -0.05) is 0 Å². The number of hydrogen-bond donors (Lipinski definition) is 1. The van der Waals surface area contributed by atoms with E-state index in [0.29, 0.717) is 12.3 Å². The fourth-order valence-electron chi connectivity index (χ4n) is 1.82. The van der Waals surface area contributed by atoms with Crippen molar-refractivity contribution in [2.75, 3.05) is 26.8 Å². The van der Waals surface area contributed by atoms with E-state index in [2.05, 4.69) is 5.32 Å². The van der Waals surface area contributed by atoms with Crippen LogP contribution in [-0.2, 0) is 4.79 Å². The van der Waals surface area contributed by atoms with Gasteiger partial charge in [0.25, 0.3) is 5.91 Å². The van der Waals surface area contributed by atoms with Crippen LogP contribution in [0.3, 0.4) is 0 Å². The Balaban J connectivity index is 2.07. The molecule has 1 aliphatic rings. The Labute approximate surface area is 119 Å². The average molecular weight is 295 g/mol. The second kappa shape index (κ2) is 6.07. The molecule has 1 aliphatic heterocycles. The van der Waals surface area contributed by atoms with Gasteiger partial charge in [-0.25, -0.2) is 4.79 Å². The third kappa shape index (κ3) is 3.19. The van der Waals surface area contributed by atoms with E-state index in [-0.39, 0.29) is 18.0 Å². The van der Waals surface area contributed by atoms with Gasteiger partial charge < -0.3 is 14.8 Å². The number of benzene rings is 1. The van der Waals surface area contributed by atoms with Crippen molar-refractivity contribution in [1.29, 1.82) is 0 Å². The van der Waals surface area contributed by atoms with Crippen LogP contribution < -0.4 is 14.8 Å². The first-order chi connectivity index (χ1) is 10.0. The number of nitro groups is 1. The molecule has 0 saturated carbocycles. The average Bonchev–Trinajstić information content (AvgIpc) is 2.90. The lowest BCUT2D eigenvalue weighted by Crippen LogP contribution is -2.37. The Morgan fingerprint density at radius 1 is 1.52 bits per heavy atom. The monoisotopic (exact) mass is 295 g/mol. The summed E-state index contributed by atoms with van der Waals surface area (Å²) in [5.74, 6) is -0.317. The number of imide groups is 1. The van der Waals surface area contributed by atoms with Crippen molar-refractivity contribution in [3.05, 3.63) is 28.3 Å². The molecule has 1 aromatic rings. The molecule has 9 nitrogen and oxygen atoms in total. The molecule has 1 aromatic carbocycles. The second-order valence-electron chi connectivity index (χ2n) is 4.16. The molecule has 9 heteroatoms. The van der Waals surface area contributed by atoms with Gasteiger partial charge in [0.05, 0.1) is 18.1 Å². The number of urea groups is 1. The van der Waals surface area contributed by atoms with Crippen LogP contribution in [0.15, 0.2) is 18.2 Å². The van der Waals surface area contributed by atoms with Crippen LogP contribution in [0.5, 0.6) is 11.5 Å². The molecule has 0 atom stereocenters. The number of ether oxygens (including phenoxy) is 2. The zero-order valence-electron chi connectivity index (χ0n) is 11.2. The van der Waals surface area contributed by atoms with Crippen LogP contribution in [0, 0.1) is 10.1 Å². The lowest BCUT2D eigenvalue weighted by molar-refractivity contribution is -0.385. The number of amides is 3. The minimum atomic E-state index is -0.634. The predicted octanol–water partition coefficient (Wildman–Crippen LogP) is 0.534. The number of methoxy groups -OCH3 is 1. The highest BCUT2D eigenvalue weighted by atomic mass is 16.6. The Morgan fingerprint density at radius 3 is 2.86 bits per heavy atom. The lowest BCUT2D eigenvalue weighted by atomic mass is 10.3. The summed E-state index contributed by atoms with van der Waals surface area (Å²) in [6, 6.07) is 3.53. The van der Waals surface area contributed by atoms with Crippen molar-refractivity contribution in [1.82, 2.24) is 10.2 Å². The number of nitrogens with one attached hydrogen (secondary N) is 1. The molecule has 1 saturated heterocycles. The summed E-state index contributed by atoms with van der Waals surface area (Å²) in [7, 11) is 1.38. The van der Waals surface area contributed by atoms with E-state index in [1.807, 2.05) is 0 Å². The van der Waals surface area contributed by atoms with Crippen LogP contribution in [0.1, 0.15) is 0 Å². The SMILES string of the molecule is COc1ccc(OCC(=O)N2CCNC2=O)c([N+](=O)[O-])c1. The molecule has 0 aromatic heterocycles. The highest BCUT2D eigenvalue weighted by Gasteiger charge is 2.27. The molecule has 0 bridgehead atoms. The number of carbonyl (C=O) groups is 2. The fourth-order valence-corrected chi connectivity index (χ4v) is 1.82. The van der Waals surface area contributed by atoms with Gasteiger partial charge in [-0.15, -0.1) is 0 Å². The standard InChI is InChI=1S/C12H13N3O6/c1-20-8-2-3-10(9(6-8)15(18)19)21-7-11(16)14-5-4-13-12(14)17/h2-3,6H,4-5,7H2,1H3,(H,13,17). The van der Waals surface area contributed by atoms with Crippen LogP contribution in [-0.4, -0.2) is 48.6 Å². The molecule has 112 valence electrons. The van der Waals surface area contributed by atoms with Crippen molar-refractivity contribution in [2.24, 2.45) is 0 Å². The van der Waals surface area contributed by atoms with Gasteiger partial charge in [0.1, 0.15) is 5.75 Å². The van der Waals surface area contributed by atoms with Crippen LogP contribution in [0.25, 0.3) is 0 Å². The first-order valence-corrected chi connectivity index (χ1v) is 6.06. The summed E-state index contributed by atoms with van der Waals surface area (Å²) < 4.78 is 10.0. The van der Waals surface area contributed by atoms with E-state index in [0.717, 1.165) is 4.90 Å². The molecule has 0 spiro atoms. The van der Waals surface area contributed by atoms with E-state index in [9.17, 15) is 19.7 Å². The Bertz CT molecular complexity index is 588. The highest BCUT2D eigenvalue weighted by molar-refractivity contribution is 5.96. The largest absolute Gasteiger partial charge is 0.496 e. The van der Waals surface area contributed by atoms with Gasteiger partial charge in [0.2, 0.25) is 0 Å². The zero-order chi connectivity index (χ0) is 15.4. The van der Waals surface area contributed by atoms with Gasteiger partial charge in [-0.2, -0.15) is 0 Å². The summed E-state index contributed by atoms with van der Waals surface area (Å²) in [6.45, 7) is 0.180. The van der Waals surface area contributed by atoms with Crippen LogP contribution >= 0.6 is 0 Å². The number of rotatable bonds is 5. The maximum absolute atomic E-state index is 11.8. The van der Waals surface area contributed by atoms with Crippen molar-refractivity contribution >= 4 is 17.6 Å². The van der Waals surface area contributed by atoms with E-state index in [1.165, 1.54) is 25.3 Å². The molecule has 1 fully saturated rings. The second-order valence-corrected chi connectivity index (χ2v) is 4.16. The third-order valence-corrected chi connectivity index (χ3v) is 2.87. The lowest BCUT2D eigenvalue weighted by Gasteiger charge is -2.13. The predicted molar refractivity (Wildman–Crippen MR) is 70.3 cm³/mol. The molecule has 2 rings (SSSR count). The molecule has 0 unspecified atom stereocenters. The van der Waals surface area contributed by atoms with Gasteiger partial charge in [0.15, 0.2) is 12.4 Å². The van der Waals surface area contributed by atoms with Crippen molar-refractivity contribution in [2.45, 2.75) is 0 Å². The van der Waals surface area contributed by atoms with Crippen molar-refractivity contribution < 1.29 is 24.0 Å². The minimum absolute atomic E-state index is 0.0613. The van der Waals surface area contributed by atoms with E-state index < -0.39 is 23.5 Å². The van der Waals surface area contributed by atoms with Gasteiger partial charge >= 0.3 is 11.7 Å². The van der Waals surface area contributed by atoms with Gasteiger partial charge in [-0.05, 0) is 12.1 Å². The molecule has 1 N–H and O–H groups in total. The topological polar surface area (TPSA) is 111 Å². The maximum Gasteiger partial charge on any atom is 0.324 e. The summed E-state index contributed by atoms with van der Waals surface area (Å²) in [5.41, 5.74) is -0.312. The maximum atomic E-state index is 11.8. The minimum Gasteiger partial charge on any atom is -0.496 e. The molecule has 0 radical (unpaired) electrons. The number of hydrogen-bond acceptors (Lipinski definition) is 6. The molecular formula is C12H13N3O6.